The third-order valence-electron chi connectivity index (χ3n) is 6.64. The first-order chi connectivity index (χ1) is 16.4. The summed E-state index contributed by atoms with van der Waals surface area (Å²) < 4.78 is 13.6. The molecule has 6 heteroatoms. The van der Waals surface area contributed by atoms with Gasteiger partial charge in [-0.05, 0) is 85.8 Å². The number of amides is 2. The van der Waals surface area contributed by atoms with Crippen LogP contribution in [0.3, 0.4) is 0 Å². The second kappa shape index (κ2) is 8.78. The van der Waals surface area contributed by atoms with Gasteiger partial charge in [0.15, 0.2) is 0 Å². The number of nitrogens with zero attached hydrogens (tertiary/aromatic N) is 2. The Kier molecular flexibility index (Phi) is 5.65. The molecule has 0 unspecified atom stereocenters. The van der Waals surface area contributed by atoms with Crippen molar-refractivity contribution >= 4 is 34.4 Å². The number of hydrogen-bond donors (Lipinski definition) is 1. The molecule has 172 valence electrons. The number of carbonyl (C=O) groups excluding carboxylic acids is 2. The number of nitrogens with one attached hydrogen (secondary N) is 1. The van der Waals surface area contributed by atoms with Gasteiger partial charge in [-0.25, -0.2) is 9.29 Å². The third kappa shape index (κ3) is 3.85. The lowest BCUT2D eigenvalue weighted by Gasteiger charge is -2.19. The molecular formula is C28H26FN3O2. The van der Waals surface area contributed by atoms with Crippen molar-refractivity contribution in [3.8, 4) is 0 Å². The van der Waals surface area contributed by atoms with E-state index in [9.17, 15) is 14.0 Å². The molecule has 5 rings (SSSR count). The Bertz CT molecular complexity index is 1290. The minimum Gasteiger partial charge on any atom is -0.372 e. The van der Waals surface area contributed by atoms with E-state index < -0.39 is 17.6 Å². The van der Waals surface area contributed by atoms with Crippen LogP contribution >= 0.6 is 0 Å². The van der Waals surface area contributed by atoms with Crippen molar-refractivity contribution in [2.45, 2.75) is 26.7 Å². The average molecular weight is 456 g/mol. The molecule has 2 aliphatic rings. The Labute approximate surface area is 198 Å². The Morgan fingerprint density at radius 2 is 1.50 bits per heavy atom. The van der Waals surface area contributed by atoms with Gasteiger partial charge in [0.1, 0.15) is 11.5 Å². The molecule has 0 saturated carbocycles. The van der Waals surface area contributed by atoms with Crippen molar-refractivity contribution in [1.82, 2.24) is 0 Å². The van der Waals surface area contributed by atoms with E-state index >= 15 is 0 Å². The first-order valence-electron chi connectivity index (χ1n) is 11.5. The lowest BCUT2D eigenvalue weighted by Crippen LogP contribution is -2.33. The quantitative estimate of drug-likeness (QED) is 0.521. The van der Waals surface area contributed by atoms with Gasteiger partial charge >= 0.3 is 0 Å². The van der Waals surface area contributed by atoms with Gasteiger partial charge in [-0.1, -0.05) is 24.3 Å². The number of rotatable bonds is 5. The first-order valence-corrected chi connectivity index (χ1v) is 11.5. The van der Waals surface area contributed by atoms with Crippen molar-refractivity contribution in [2.24, 2.45) is 0 Å². The Hall–Kier alpha value is -3.93. The molecule has 0 radical (unpaired) electrons. The van der Waals surface area contributed by atoms with E-state index in [0.717, 1.165) is 29.9 Å². The summed E-state index contributed by atoms with van der Waals surface area (Å²) in [6.45, 7) is 5.93. The molecule has 1 fully saturated rings. The van der Waals surface area contributed by atoms with Crippen molar-refractivity contribution in [3.63, 3.8) is 0 Å². The lowest BCUT2D eigenvalue weighted by atomic mass is 10.0. The molecule has 3 aromatic carbocycles. The second-order valence-corrected chi connectivity index (χ2v) is 8.79. The van der Waals surface area contributed by atoms with Gasteiger partial charge in [0, 0.05) is 24.5 Å². The van der Waals surface area contributed by atoms with Crippen molar-refractivity contribution in [3.05, 3.63) is 94.9 Å². The SMILES string of the molecule is Cc1cccc(N2C(=O)C(Nc3ccc(N4CCCC4)cc3)=C(c3ccc(F)cc3)C2=O)c1C. The van der Waals surface area contributed by atoms with Crippen LogP contribution in [0, 0.1) is 19.7 Å². The average Bonchev–Trinajstić information content (AvgIpc) is 3.45. The van der Waals surface area contributed by atoms with E-state index in [1.165, 1.54) is 42.0 Å². The summed E-state index contributed by atoms with van der Waals surface area (Å²) in [6, 6.07) is 19.1. The lowest BCUT2D eigenvalue weighted by molar-refractivity contribution is -0.120. The molecule has 1 N–H and O–H groups in total. The van der Waals surface area contributed by atoms with Crippen LogP contribution in [0.4, 0.5) is 21.5 Å². The maximum Gasteiger partial charge on any atom is 0.282 e. The number of hydrogen-bond acceptors (Lipinski definition) is 4. The van der Waals surface area contributed by atoms with Gasteiger partial charge in [-0.15, -0.1) is 0 Å². The van der Waals surface area contributed by atoms with Gasteiger partial charge in [0.25, 0.3) is 11.8 Å². The topological polar surface area (TPSA) is 52.7 Å². The highest BCUT2D eigenvalue weighted by Gasteiger charge is 2.41. The van der Waals surface area contributed by atoms with Gasteiger partial charge < -0.3 is 10.2 Å². The molecule has 0 atom stereocenters. The zero-order chi connectivity index (χ0) is 23.8. The van der Waals surface area contributed by atoms with Crippen molar-refractivity contribution in [2.75, 3.05) is 28.2 Å². The van der Waals surface area contributed by atoms with Gasteiger partial charge in [-0.2, -0.15) is 0 Å². The monoisotopic (exact) mass is 455 g/mol. The number of aryl methyl sites for hydroxylation is 1. The zero-order valence-electron chi connectivity index (χ0n) is 19.3. The molecule has 0 spiro atoms. The number of anilines is 3. The molecule has 3 aromatic rings. The largest absolute Gasteiger partial charge is 0.372 e. The molecule has 5 nitrogen and oxygen atoms in total. The normalized spacial score (nSPS) is 16.1. The third-order valence-corrected chi connectivity index (χ3v) is 6.64. The second-order valence-electron chi connectivity index (χ2n) is 8.79. The van der Waals surface area contributed by atoms with Crippen molar-refractivity contribution in [1.29, 1.82) is 0 Å². The molecule has 0 bridgehead atoms. The predicted molar refractivity (Wildman–Crippen MR) is 133 cm³/mol. The Morgan fingerprint density at radius 3 is 2.18 bits per heavy atom. The van der Waals surface area contributed by atoms with E-state index in [2.05, 4.69) is 10.2 Å². The van der Waals surface area contributed by atoms with Gasteiger partial charge in [0.05, 0.1) is 11.3 Å². The van der Waals surface area contributed by atoms with Crippen LogP contribution in [0.1, 0.15) is 29.5 Å². The van der Waals surface area contributed by atoms with Crippen LogP contribution in [-0.2, 0) is 9.59 Å². The number of carbonyl (C=O) groups is 2. The summed E-state index contributed by atoms with van der Waals surface area (Å²) in [6.07, 6.45) is 2.39. The standard InChI is InChI=1S/C28H26FN3O2/c1-18-6-5-7-24(19(18)2)32-27(33)25(20-8-10-21(29)11-9-20)26(28(32)34)30-22-12-14-23(15-13-22)31-16-3-4-17-31/h5-15,30H,3-4,16-17H2,1-2H3. The highest BCUT2D eigenvalue weighted by atomic mass is 19.1. The van der Waals surface area contributed by atoms with Crippen LogP contribution in [0.5, 0.6) is 0 Å². The molecule has 1 saturated heterocycles. The van der Waals surface area contributed by atoms with Crippen LogP contribution in [0.2, 0.25) is 0 Å². The van der Waals surface area contributed by atoms with E-state index in [0.29, 0.717) is 16.9 Å². The molecule has 2 amide bonds. The molecular weight excluding hydrogens is 429 g/mol. The Balaban J connectivity index is 1.54. The maximum absolute atomic E-state index is 13.6. The van der Waals surface area contributed by atoms with Crippen molar-refractivity contribution < 1.29 is 14.0 Å². The highest BCUT2D eigenvalue weighted by molar-refractivity contribution is 6.46. The molecule has 0 aliphatic carbocycles. The van der Waals surface area contributed by atoms with Gasteiger partial charge in [-0.3, -0.25) is 9.59 Å². The summed E-state index contributed by atoms with van der Waals surface area (Å²) in [5.74, 6) is -1.26. The van der Waals surface area contributed by atoms with E-state index in [-0.39, 0.29) is 11.3 Å². The minimum atomic E-state index is -0.429. The molecule has 2 aliphatic heterocycles. The van der Waals surface area contributed by atoms with E-state index in [1.807, 2.05) is 50.2 Å². The summed E-state index contributed by atoms with van der Waals surface area (Å²) in [5, 5.41) is 3.19. The minimum absolute atomic E-state index is 0.187. The van der Waals surface area contributed by atoms with Crippen LogP contribution in [-0.4, -0.2) is 24.9 Å². The smallest absolute Gasteiger partial charge is 0.282 e. The Morgan fingerprint density at radius 1 is 0.824 bits per heavy atom. The number of benzene rings is 3. The molecule has 0 aromatic heterocycles. The summed E-state index contributed by atoms with van der Waals surface area (Å²) in [7, 11) is 0. The fourth-order valence-corrected chi connectivity index (χ4v) is 4.60. The van der Waals surface area contributed by atoms with Crippen LogP contribution < -0.4 is 15.1 Å². The van der Waals surface area contributed by atoms with E-state index in [1.54, 1.807) is 6.07 Å². The summed E-state index contributed by atoms with van der Waals surface area (Å²) in [4.78, 5) is 30.8. The van der Waals surface area contributed by atoms with Gasteiger partial charge in [0.2, 0.25) is 0 Å². The molecule has 2 heterocycles. The van der Waals surface area contributed by atoms with Crippen LogP contribution in [0.25, 0.3) is 5.57 Å². The first kappa shape index (κ1) is 21.9. The molecule has 34 heavy (non-hydrogen) atoms. The fourth-order valence-electron chi connectivity index (χ4n) is 4.60. The summed E-state index contributed by atoms with van der Waals surface area (Å²) >= 11 is 0. The maximum atomic E-state index is 13.6. The van der Waals surface area contributed by atoms with Crippen LogP contribution in [0.15, 0.2) is 72.4 Å². The van der Waals surface area contributed by atoms with E-state index in [4.69, 9.17) is 0 Å². The zero-order valence-corrected chi connectivity index (χ0v) is 19.3. The predicted octanol–water partition coefficient (Wildman–Crippen LogP) is 5.44. The highest BCUT2D eigenvalue weighted by Crippen LogP contribution is 2.36. The summed E-state index contributed by atoms with van der Waals surface area (Å²) in [5.41, 5.74) is 5.16. The fraction of sp³-hybridized carbons (Fsp3) is 0.214. The number of imide groups is 1. The number of halogens is 1.